The Hall–Kier alpha value is -1.93. The summed E-state index contributed by atoms with van der Waals surface area (Å²) in [4.78, 5) is 21.9. The van der Waals surface area contributed by atoms with E-state index in [9.17, 15) is 18.0 Å². The first-order chi connectivity index (χ1) is 9.31. The van der Waals surface area contributed by atoms with Crippen molar-refractivity contribution in [2.24, 2.45) is 0 Å². The molecule has 0 aromatic heterocycles. The number of esters is 1. The van der Waals surface area contributed by atoms with Crippen molar-refractivity contribution in [2.75, 3.05) is 7.11 Å². The molecule has 1 aromatic rings. The number of carbonyl (C=O) groups is 2. The van der Waals surface area contributed by atoms with Gasteiger partial charge in [0.25, 0.3) is 0 Å². The lowest BCUT2D eigenvalue weighted by molar-refractivity contribution is -0.139. The van der Waals surface area contributed by atoms with Crippen molar-refractivity contribution in [2.45, 2.75) is 24.3 Å². The second-order valence-corrected chi connectivity index (χ2v) is 5.65. The number of rotatable bonds is 6. The summed E-state index contributed by atoms with van der Waals surface area (Å²) in [5.41, 5.74) is 0.205. The summed E-state index contributed by atoms with van der Waals surface area (Å²) in [7, 11) is -2.73. The minimum Gasteiger partial charge on any atom is -0.480 e. The van der Waals surface area contributed by atoms with E-state index in [1.54, 1.807) is 6.92 Å². The van der Waals surface area contributed by atoms with Gasteiger partial charge in [0, 0.05) is 0 Å². The molecule has 0 bridgehead atoms. The van der Waals surface area contributed by atoms with Gasteiger partial charge in [-0.1, -0.05) is 6.92 Å². The van der Waals surface area contributed by atoms with E-state index in [2.05, 4.69) is 9.46 Å². The van der Waals surface area contributed by atoms with Crippen molar-refractivity contribution in [1.82, 2.24) is 4.72 Å². The Bertz CT molecular complexity index is 593. The van der Waals surface area contributed by atoms with E-state index in [0.717, 1.165) is 0 Å². The molecule has 0 radical (unpaired) electrons. The highest BCUT2D eigenvalue weighted by Crippen LogP contribution is 2.12. The van der Waals surface area contributed by atoms with Crippen LogP contribution in [0.5, 0.6) is 0 Å². The van der Waals surface area contributed by atoms with Crippen molar-refractivity contribution in [3.8, 4) is 0 Å². The third kappa shape index (κ3) is 3.78. The highest BCUT2D eigenvalue weighted by molar-refractivity contribution is 7.89. The standard InChI is InChI=1S/C12H15NO6S/c1-3-10(11(14)15)13-20(17,18)9-6-4-8(5-7-9)12(16)19-2/h4-7,10,13H,3H2,1-2H3,(H,14,15)/t10-/m0/s1. The lowest BCUT2D eigenvalue weighted by Gasteiger charge is -2.12. The SMILES string of the molecule is CC[C@H](NS(=O)(=O)c1ccc(C(=O)OC)cc1)C(=O)O. The molecule has 1 rings (SSSR count). The molecule has 0 aliphatic heterocycles. The van der Waals surface area contributed by atoms with Crippen LogP contribution in [0.3, 0.4) is 0 Å². The number of carbonyl (C=O) groups excluding carboxylic acids is 1. The molecule has 0 saturated heterocycles. The number of sulfonamides is 1. The Morgan fingerprint density at radius 1 is 1.30 bits per heavy atom. The fraction of sp³-hybridized carbons (Fsp3) is 0.333. The summed E-state index contributed by atoms with van der Waals surface area (Å²) in [6.07, 6.45) is 0.120. The number of nitrogens with one attached hydrogen (secondary N) is 1. The number of carboxylic acid groups (broad SMARTS) is 1. The van der Waals surface area contributed by atoms with E-state index in [1.165, 1.54) is 31.4 Å². The first-order valence-electron chi connectivity index (χ1n) is 5.75. The second kappa shape index (κ2) is 6.49. The van der Waals surface area contributed by atoms with Crippen LogP contribution in [0.4, 0.5) is 0 Å². The molecule has 0 amide bonds. The maximum atomic E-state index is 12.0. The Kier molecular flexibility index (Phi) is 5.23. The molecule has 20 heavy (non-hydrogen) atoms. The molecule has 0 saturated carbocycles. The molecule has 0 unspecified atom stereocenters. The van der Waals surface area contributed by atoms with Crippen LogP contribution in [0, 0.1) is 0 Å². The largest absolute Gasteiger partial charge is 0.480 e. The molecular formula is C12H15NO6S. The number of carboxylic acids is 1. The zero-order valence-corrected chi connectivity index (χ0v) is 11.8. The summed E-state index contributed by atoms with van der Waals surface area (Å²) in [5.74, 6) is -1.83. The fourth-order valence-corrected chi connectivity index (χ4v) is 2.72. The smallest absolute Gasteiger partial charge is 0.337 e. The quantitative estimate of drug-likeness (QED) is 0.745. The molecule has 1 aromatic carbocycles. The van der Waals surface area contributed by atoms with Gasteiger partial charge in [-0.2, -0.15) is 4.72 Å². The topological polar surface area (TPSA) is 110 Å². The molecule has 0 fully saturated rings. The van der Waals surface area contributed by atoms with Crippen molar-refractivity contribution < 1.29 is 27.9 Å². The van der Waals surface area contributed by atoms with Gasteiger partial charge in [-0.25, -0.2) is 13.2 Å². The number of benzene rings is 1. The van der Waals surface area contributed by atoms with E-state index in [-0.39, 0.29) is 16.9 Å². The Morgan fingerprint density at radius 3 is 2.25 bits per heavy atom. The van der Waals surface area contributed by atoms with E-state index < -0.39 is 28.0 Å². The van der Waals surface area contributed by atoms with Gasteiger partial charge in [-0.05, 0) is 30.7 Å². The molecule has 0 aliphatic carbocycles. The fourth-order valence-electron chi connectivity index (χ4n) is 1.45. The summed E-state index contributed by atoms with van der Waals surface area (Å²) in [6.45, 7) is 1.56. The first-order valence-corrected chi connectivity index (χ1v) is 7.23. The lowest BCUT2D eigenvalue weighted by Crippen LogP contribution is -2.40. The zero-order valence-electron chi connectivity index (χ0n) is 11.0. The summed E-state index contributed by atoms with van der Waals surface area (Å²) >= 11 is 0. The summed E-state index contributed by atoms with van der Waals surface area (Å²) < 4.78 is 30.5. The molecule has 1 atom stereocenters. The molecule has 0 spiro atoms. The van der Waals surface area contributed by atoms with Crippen molar-refractivity contribution >= 4 is 22.0 Å². The molecule has 110 valence electrons. The lowest BCUT2D eigenvalue weighted by atomic mass is 10.2. The van der Waals surface area contributed by atoms with Crippen LogP contribution in [-0.4, -0.2) is 38.6 Å². The predicted octanol–water partition coefficient (Wildman–Crippen LogP) is 0.615. The number of hydrogen-bond acceptors (Lipinski definition) is 5. The molecule has 7 nitrogen and oxygen atoms in total. The number of methoxy groups -OCH3 is 1. The third-order valence-corrected chi connectivity index (χ3v) is 4.08. The Labute approximate surface area is 116 Å². The van der Waals surface area contributed by atoms with Crippen LogP contribution in [0.15, 0.2) is 29.2 Å². The van der Waals surface area contributed by atoms with Crippen LogP contribution in [0.2, 0.25) is 0 Å². The van der Waals surface area contributed by atoms with Crippen molar-refractivity contribution in [3.05, 3.63) is 29.8 Å². The van der Waals surface area contributed by atoms with Crippen LogP contribution >= 0.6 is 0 Å². The van der Waals surface area contributed by atoms with Gasteiger partial charge >= 0.3 is 11.9 Å². The normalized spacial score (nSPS) is 12.7. The van der Waals surface area contributed by atoms with E-state index >= 15 is 0 Å². The minimum absolute atomic E-state index is 0.120. The second-order valence-electron chi connectivity index (χ2n) is 3.94. The van der Waals surface area contributed by atoms with Gasteiger partial charge in [0.15, 0.2) is 0 Å². The highest BCUT2D eigenvalue weighted by Gasteiger charge is 2.23. The van der Waals surface area contributed by atoms with Gasteiger partial charge in [0.05, 0.1) is 17.6 Å². The molecule has 8 heteroatoms. The highest BCUT2D eigenvalue weighted by atomic mass is 32.2. The summed E-state index contributed by atoms with van der Waals surface area (Å²) in [5, 5.41) is 8.84. The van der Waals surface area contributed by atoms with Crippen molar-refractivity contribution in [1.29, 1.82) is 0 Å². The van der Waals surface area contributed by atoms with Crippen LogP contribution < -0.4 is 4.72 Å². The summed E-state index contributed by atoms with van der Waals surface area (Å²) in [6, 6.07) is 3.82. The van der Waals surface area contributed by atoms with E-state index in [4.69, 9.17) is 5.11 Å². The molecule has 2 N–H and O–H groups in total. The van der Waals surface area contributed by atoms with Gasteiger partial charge < -0.3 is 9.84 Å². The minimum atomic E-state index is -3.95. The Morgan fingerprint density at radius 2 is 1.85 bits per heavy atom. The molecule has 0 aliphatic rings. The third-order valence-electron chi connectivity index (χ3n) is 2.59. The Balaban J connectivity index is 2.98. The monoisotopic (exact) mass is 301 g/mol. The average molecular weight is 301 g/mol. The van der Waals surface area contributed by atoms with Gasteiger partial charge in [0.1, 0.15) is 6.04 Å². The van der Waals surface area contributed by atoms with Crippen LogP contribution in [-0.2, 0) is 19.6 Å². The zero-order chi connectivity index (χ0) is 15.3. The van der Waals surface area contributed by atoms with Gasteiger partial charge in [0.2, 0.25) is 10.0 Å². The number of hydrogen-bond donors (Lipinski definition) is 2. The number of aliphatic carboxylic acids is 1. The van der Waals surface area contributed by atoms with Crippen molar-refractivity contribution in [3.63, 3.8) is 0 Å². The maximum Gasteiger partial charge on any atom is 0.337 e. The van der Waals surface area contributed by atoms with E-state index in [0.29, 0.717) is 0 Å². The predicted molar refractivity (Wildman–Crippen MR) is 69.8 cm³/mol. The number of ether oxygens (including phenoxy) is 1. The van der Waals surface area contributed by atoms with E-state index in [1.807, 2.05) is 0 Å². The van der Waals surface area contributed by atoms with Crippen LogP contribution in [0.1, 0.15) is 23.7 Å². The first kappa shape index (κ1) is 16.1. The molecule has 0 heterocycles. The van der Waals surface area contributed by atoms with Crippen LogP contribution in [0.25, 0.3) is 0 Å². The molecular weight excluding hydrogens is 286 g/mol. The van der Waals surface area contributed by atoms with Gasteiger partial charge in [-0.3, -0.25) is 4.79 Å². The average Bonchev–Trinajstić information content (AvgIpc) is 2.43. The van der Waals surface area contributed by atoms with Gasteiger partial charge in [-0.15, -0.1) is 0 Å². The maximum absolute atomic E-state index is 12.0.